The van der Waals surface area contributed by atoms with E-state index in [4.69, 9.17) is 0 Å². The van der Waals surface area contributed by atoms with Crippen LogP contribution in [0.4, 0.5) is 17.1 Å². The summed E-state index contributed by atoms with van der Waals surface area (Å²) < 4.78 is 0. The average molecular weight is 624 g/mol. The summed E-state index contributed by atoms with van der Waals surface area (Å²) in [4.78, 5) is 3.84. The molecule has 0 saturated heterocycles. The molecule has 228 valence electrons. The maximum Gasteiger partial charge on any atom is 0.0465 e. The molecule has 0 bridgehead atoms. The third-order valence-electron chi connectivity index (χ3n) is 10.5. The van der Waals surface area contributed by atoms with E-state index in [0.29, 0.717) is 11.2 Å². The lowest BCUT2D eigenvalue weighted by atomic mass is 9.82. The molecule has 1 aliphatic heterocycles. The van der Waals surface area contributed by atoms with Gasteiger partial charge in [0.05, 0.1) is 0 Å². The van der Waals surface area contributed by atoms with E-state index < -0.39 is 0 Å². The van der Waals surface area contributed by atoms with Gasteiger partial charge in [-0.3, -0.25) is 0 Å². The van der Waals surface area contributed by atoms with Crippen molar-refractivity contribution in [1.82, 2.24) is 0 Å². The van der Waals surface area contributed by atoms with Crippen molar-refractivity contribution >= 4 is 40.0 Å². The number of rotatable bonds is 5. The van der Waals surface area contributed by atoms with Crippen molar-refractivity contribution < 1.29 is 0 Å². The Labute approximate surface area is 282 Å². The van der Waals surface area contributed by atoms with Crippen molar-refractivity contribution in [3.8, 4) is 11.1 Å². The number of anilines is 3. The summed E-state index contributed by atoms with van der Waals surface area (Å²) in [5.41, 5.74) is 15.7. The first-order chi connectivity index (χ1) is 23.0. The quantitative estimate of drug-likeness (QED) is 0.192. The van der Waals surface area contributed by atoms with Gasteiger partial charge >= 0.3 is 0 Å². The largest absolute Gasteiger partial charge is 0.310 e. The smallest absolute Gasteiger partial charge is 0.0465 e. The molecule has 47 heavy (non-hydrogen) atoms. The van der Waals surface area contributed by atoms with Crippen molar-refractivity contribution in [2.45, 2.75) is 48.2 Å². The Morgan fingerprint density at radius 1 is 0.702 bits per heavy atom. The number of benzene rings is 5. The summed E-state index contributed by atoms with van der Waals surface area (Å²) in [6, 6.07) is 43.2. The lowest BCUT2D eigenvalue weighted by Gasteiger charge is -2.28. The SMILES string of the molecule is CC1(C)c2ccccc2-c2ccc(N(c3ccc(C4=CC5c6ccccc6SC5C=C4)cc3)c3ccc(C4=CC=CCC4)cc3)cc21. The van der Waals surface area contributed by atoms with E-state index in [1.54, 1.807) is 0 Å². The van der Waals surface area contributed by atoms with Crippen LogP contribution in [0.3, 0.4) is 0 Å². The van der Waals surface area contributed by atoms with Crippen molar-refractivity contribution in [2.75, 3.05) is 4.90 Å². The molecule has 2 atom stereocenters. The van der Waals surface area contributed by atoms with E-state index in [2.05, 4.69) is 170 Å². The molecule has 9 rings (SSSR count). The Hall–Kier alpha value is -4.79. The molecule has 4 aliphatic rings. The van der Waals surface area contributed by atoms with Crippen LogP contribution in [0.2, 0.25) is 0 Å². The highest BCUT2D eigenvalue weighted by Crippen LogP contribution is 2.51. The van der Waals surface area contributed by atoms with E-state index in [-0.39, 0.29) is 5.41 Å². The molecule has 2 unspecified atom stereocenters. The van der Waals surface area contributed by atoms with Crippen LogP contribution in [0.1, 0.15) is 60.4 Å². The molecule has 0 fully saturated rings. The first-order valence-electron chi connectivity index (χ1n) is 16.8. The standard InChI is InChI=1S/C45H37NS/c1-45(2)41-14-8-6-12-37(41)38-26-25-36(29-42(38)45)46(34-21-16-31(17-22-34)30-10-4-3-5-11-30)35-23-18-32(19-24-35)33-20-27-44-40(28-33)39-13-7-9-15-43(39)47-44/h3-4,6-10,12-29,40,44H,5,11H2,1-2H3. The van der Waals surface area contributed by atoms with Crippen LogP contribution in [0.5, 0.6) is 0 Å². The number of allylic oxidation sites excluding steroid dienone is 7. The van der Waals surface area contributed by atoms with E-state index >= 15 is 0 Å². The van der Waals surface area contributed by atoms with Crippen LogP contribution in [0.25, 0.3) is 22.3 Å². The number of thioether (sulfide) groups is 1. The second-order valence-corrected chi connectivity index (χ2v) is 14.8. The second kappa shape index (κ2) is 11.2. The number of nitrogens with zero attached hydrogens (tertiary/aromatic N) is 1. The van der Waals surface area contributed by atoms with E-state index in [0.717, 1.165) is 18.5 Å². The Kier molecular flexibility index (Phi) is 6.76. The van der Waals surface area contributed by atoms with Crippen LogP contribution in [-0.2, 0) is 5.41 Å². The van der Waals surface area contributed by atoms with Gasteiger partial charge in [0.25, 0.3) is 0 Å². The minimum atomic E-state index is -0.0584. The van der Waals surface area contributed by atoms with E-state index in [1.807, 2.05) is 11.8 Å². The van der Waals surface area contributed by atoms with Crippen LogP contribution in [-0.4, -0.2) is 5.25 Å². The molecule has 0 N–H and O–H groups in total. The second-order valence-electron chi connectivity index (χ2n) is 13.6. The zero-order valence-electron chi connectivity index (χ0n) is 26.9. The Balaban J connectivity index is 1.10. The highest BCUT2D eigenvalue weighted by molar-refractivity contribution is 8.00. The van der Waals surface area contributed by atoms with Crippen molar-refractivity contribution in [1.29, 1.82) is 0 Å². The molecule has 3 aliphatic carbocycles. The molecule has 5 aromatic rings. The fourth-order valence-electron chi connectivity index (χ4n) is 7.99. The highest BCUT2D eigenvalue weighted by Gasteiger charge is 2.36. The van der Waals surface area contributed by atoms with Gasteiger partial charge in [-0.1, -0.05) is 123 Å². The zero-order chi connectivity index (χ0) is 31.5. The van der Waals surface area contributed by atoms with Gasteiger partial charge in [-0.05, 0) is 105 Å². The first-order valence-corrected chi connectivity index (χ1v) is 17.7. The molecule has 1 nitrogen and oxygen atoms in total. The van der Waals surface area contributed by atoms with Crippen molar-refractivity contribution in [3.05, 3.63) is 180 Å². The number of hydrogen-bond donors (Lipinski definition) is 0. The van der Waals surface area contributed by atoms with Crippen LogP contribution in [0, 0.1) is 0 Å². The molecule has 0 radical (unpaired) electrons. The average Bonchev–Trinajstić information content (AvgIpc) is 3.61. The summed E-state index contributed by atoms with van der Waals surface area (Å²) in [5.74, 6) is 0.430. The zero-order valence-corrected chi connectivity index (χ0v) is 27.7. The summed E-state index contributed by atoms with van der Waals surface area (Å²) in [6.45, 7) is 4.72. The van der Waals surface area contributed by atoms with Crippen LogP contribution >= 0.6 is 11.8 Å². The predicted molar refractivity (Wildman–Crippen MR) is 201 cm³/mol. The van der Waals surface area contributed by atoms with Gasteiger partial charge in [0.15, 0.2) is 0 Å². The van der Waals surface area contributed by atoms with Gasteiger partial charge < -0.3 is 4.90 Å². The van der Waals surface area contributed by atoms with Gasteiger partial charge in [0, 0.05) is 38.5 Å². The van der Waals surface area contributed by atoms with Crippen LogP contribution in [0.15, 0.2) is 157 Å². The first kappa shape index (κ1) is 28.4. The molecular formula is C45H37NS. The van der Waals surface area contributed by atoms with Crippen LogP contribution < -0.4 is 4.90 Å². The maximum absolute atomic E-state index is 2.48. The summed E-state index contributed by atoms with van der Waals surface area (Å²) >= 11 is 1.99. The van der Waals surface area contributed by atoms with E-state index in [9.17, 15) is 0 Å². The highest BCUT2D eigenvalue weighted by atomic mass is 32.2. The number of fused-ring (bicyclic) bond motifs is 6. The summed E-state index contributed by atoms with van der Waals surface area (Å²) in [5, 5.41) is 0.490. The van der Waals surface area contributed by atoms with Crippen molar-refractivity contribution in [3.63, 3.8) is 0 Å². The molecule has 2 heteroatoms. The summed E-state index contributed by atoms with van der Waals surface area (Å²) in [7, 11) is 0. The third kappa shape index (κ3) is 4.77. The molecule has 0 spiro atoms. The van der Waals surface area contributed by atoms with Gasteiger partial charge in [-0.2, -0.15) is 0 Å². The topological polar surface area (TPSA) is 3.24 Å². The monoisotopic (exact) mass is 623 g/mol. The minimum absolute atomic E-state index is 0.0584. The fourth-order valence-corrected chi connectivity index (χ4v) is 9.31. The summed E-state index contributed by atoms with van der Waals surface area (Å²) in [6.07, 6.45) is 16.1. The normalized spacial score (nSPS) is 19.7. The maximum atomic E-state index is 2.48. The molecule has 0 amide bonds. The minimum Gasteiger partial charge on any atom is -0.310 e. The Morgan fingerprint density at radius 3 is 2.19 bits per heavy atom. The number of hydrogen-bond acceptors (Lipinski definition) is 2. The molecule has 5 aromatic carbocycles. The molecule has 1 heterocycles. The fraction of sp³-hybridized carbons (Fsp3) is 0.156. The molecule has 0 saturated carbocycles. The molecular weight excluding hydrogens is 587 g/mol. The van der Waals surface area contributed by atoms with Gasteiger partial charge in [-0.15, -0.1) is 11.8 Å². The Morgan fingerprint density at radius 2 is 1.40 bits per heavy atom. The van der Waals surface area contributed by atoms with E-state index in [1.165, 1.54) is 66.4 Å². The lowest BCUT2D eigenvalue weighted by Crippen LogP contribution is -2.16. The lowest BCUT2D eigenvalue weighted by molar-refractivity contribution is 0.660. The van der Waals surface area contributed by atoms with Gasteiger partial charge in [0.2, 0.25) is 0 Å². The van der Waals surface area contributed by atoms with Crippen molar-refractivity contribution in [2.24, 2.45) is 0 Å². The Bertz CT molecular complexity index is 2140. The molecule has 0 aromatic heterocycles. The van der Waals surface area contributed by atoms with Gasteiger partial charge in [0.1, 0.15) is 0 Å². The predicted octanol–water partition coefficient (Wildman–Crippen LogP) is 12.4. The third-order valence-corrected chi connectivity index (χ3v) is 11.9. The van der Waals surface area contributed by atoms with Gasteiger partial charge in [-0.25, -0.2) is 0 Å².